The van der Waals surface area contributed by atoms with Gasteiger partial charge in [-0.1, -0.05) is 11.8 Å². The van der Waals surface area contributed by atoms with Gasteiger partial charge >= 0.3 is 0 Å². The van der Waals surface area contributed by atoms with Crippen LogP contribution < -0.4 is 10.1 Å². The standard InChI is InChI=1S/C18H21N5O2S/c1-12-17(13(2)22(3)21-12)20-16(24)11-26-18-19-9-10-23(18)14-5-7-15(25-4)8-6-14/h5-10H,11H2,1-4H3,(H,20,24). The number of hydrogen-bond donors (Lipinski definition) is 1. The lowest BCUT2D eigenvalue weighted by Gasteiger charge is -2.09. The van der Waals surface area contributed by atoms with Gasteiger partial charge in [0.25, 0.3) is 0 Å². The summed E-state index contributed by atoms with van der Waals surface area (Å²) in [7, 11) is 3.50. The Morgan fingerprint density at radius 2 is 2.00 bits per heavy atom. The quantitative estimate of drug-likeness (QED) is 0.675. The molecular formula is C18H21N5O2S. The summed E-state index contributed by atoms with van der Waals surface area (Å²) in [6, 6.07) is 7.69. The lowest BCUT2D eigenvalue weighted by molar-refractivity contribution is -0.113. The number of methoxy groups -OCH3 is 1. The van der Waals surface area contributed by atoms with E-state index in [1.165, 1.54) is 11.8 Å². The minimum Gasteiger partial charge on any atom is -0.497 e. The molecule has 2 heterocycles. The third-order valence-electron chi connectivity index (χ3n) is 4.06. The fraction of sp³-hybridized carbons (Fsp3) is 0.278. The van der Waals surface area contributed by atoms with E-state index >= 15 is 0 Å². The molecule has 1 aromatic carbocycles. The van der Waals surface area contributed by atoms with Gasteiger partial charge in [0.1, 0.15) is 5.75 Å². The molecule has 0 bridgehead atoms. The number of nitrogens with one attached hydrogen (secondary N) is 1. The number of imidazole rings is 1. The molecule has 1 amide bonds. The van der Waals surface area contributed by atoms with E-state index in [1.807, 2.05) is 55.9 Å². The van der Waals surface area contributed by atoms with Crippen molar-refractivity contribution in [2.75, 3.05) is 18.2 Å². The van der Waals surface area contributed by atoms with Crippen molar-refractivity contribution in [1.29, 1.82) is 0 Å². The number of aromatic nitrogens is 4. The zero-order chi connectivity index (χ0) is 18.7. The van der Waals surface area contributed by atoms with E-state index in [2.05, 4.69) is 15.4 Å². The van der Waals surface area contributed by atoms with Crippen molar-refractivity contribution in [3.8, 4) is 11.4 Å². The highest BCUT2D eigenvalue weighted by molar-refractivity contribution is 7.99. The van der Waals surface area contributed by atoms with Gasteiger partial charge in [-0.15, -0.1) is 0 Å². The van der Waals surface area contributed by atoms with E-state index in [9.17, 15) is 4.79 Å². The van der Waals surface area contributed by atoms with Crippen molar-refractivity contribution in [2.45, 2.75) is 19.0 Å². The molecule has 3 aromatic rings. The van der Waals surface area contributed by atoms with Gasteiger partial charge in [0.2, 0.25) is 5.91 Å². The molecule has 0 saturated carbocycles. The molecular weight excluding hydrogens is 350 g/mol. The first-order chi connectivity index (χ1) is 12.5. The van der Waals surface area contributed by atoms with E-state index < -0.39 is 0 Å². The van der Waals surface area contributed by atoms with Gasteiger partial charge < -0.3 is 10.1 Å². The van der Waals surface area contributed by atoms with Gasteiger partial charge in [0.05, 0.1) is 29.9 Å². The van der Waals surface area contributed by atoms with Crippen LogP contribution in [0.15, 0.2) is 41.8 Å². The number of anilines is 1. The van der Waals surface area contributed by atoms with E-state index in [4.69, 9.17) is 4.74 Å². The summed E-state index contributed by atoms with van der Waals surface area (Å²) in [5.41, 5.74) is 3.48. The summed E-state index contributed by atoms with van der Waals surface area (Å²) in [5, 5.41) is 8.00. The molecule has 7 nitrogen and oxygen atoms in total. The number of rotatable bonds is 6. The molecule has 1 N–H and O–H groups in total. The van der Waals surface area contributed by atoms with Crippen molar-refractivity contribution in [3.63, 3.8) is 0 Å². The molecule has 0 aliphatic heterocycles. The topological polar surface area (TPSA) is 74.0 Å². The Morgan fingerprint density at radius 3 is 2.62 bits per heavy atom. The zero-order valence-electron chi connectivity index (χ0n) is 15.2. The number of benzene rings is 1. The summed E-state index contributed by atoms with van der Waals surface area (Å²) in [6.07, 6.45) is 3.59. The molecule has 0 aliphatic carbocycles. The van der Waals surface area contributed by atoms with Crippen LogP contribution in [0.3, 0.4) is 0 Å². The van der Waals surface area contributed by atoms with Crippen LogP contribution >= 0.6 is 11.8 Å². The molecule has 136 valence electrons. The molecule has 0 radical (unpaired) electrons. The number of amides is 1. The maximum Gasteiger partial charge on any atom is 0.234 e. The second-order valence-corrected chi connectivity index (χ2v) is 6.73. The second-order valence-electron chi connectivity index (χ2n) is 5.78. The van der Waals surface area contributed by atoms with E-state index in [0.29, 0.717) is 0 Å². The smallest absolute Gasteiger partial charge is 0.234 e. The molecule has 2 aromatic heterocycles. The predicted molar refractivity (Wildman–Crippen MR) is 102 cm³/mol. The fourth-order valence-electron chi connectivity index (χ4n) is 2.60. The van der Waals surface area contributed by atoms with Gasteiger partial charge in [-0.25, -0.2) is 4.98 Å². The summed E-state index contributed by atoms with van der Waals surface area (Å²) in [5.74, 6) is 0.976. The Labute approximate surface area is 156 Å². The molecule has 3 rings (SSSR count). The molecule has 0 atom stereocenters. The zero-order valence-corrected chi connectivity index (χ0v) is 16.0. The highest BCUT2D eigenvalue weighted by atomic mass is 32.2. The van der Waals surface area contributed by atoms with Crippen LogP contribution in [-0.2, 0) is 11.8 Å². The first kappa shape index (κ1) is 18.1. The Bertz CT molecular complexity index is 914. The predicted octanol–water partition coefficient (Wildman–Crippen LogP) is 2.96. The average molecular weight is 371 g/mol. The number of hydrogen-bond acceptors (Lipinski definition) is 5. The van der Waals surface area contributed by atoms with Crippen molar-refractivity contribution < 1.29 is 9.53 Å². The van der Waals surface area contributed by atoms with E-state index in [-0.39, 0.29) is 11.7 Å². The number of carbonyl (C=O) groups excluding carboxylic acids is 1. The van der Waals surface area contributed by atoms with E-state index in [0.717, 1.165) is 33.7 Å². The van der Waals surface area contributed by atoms with Crippen LogP contribution in [0.4, 0.5) is 5.69 Å². The number of aryl methyl sites for hydroxylation is 2. The lowest BCUT2D eigenvalue weighted by Crippen LogP contribution is -2.15. The number of ether oxygens (including phenoxy) is 1. The Hall–Kier alpha value is -2.74. The van der Waals surface area contributed by atoms with Gasteiger partial charge in [0.15, 0.2) is 5.16 Å². The molecule has 0 saturated heterocycles. The van der Waals surface area contributed by atoms with Crippen molar-refractivity contribution in [2.24, 2.45) is 7.05 Å². The number of nitrogens with zero attached hydrogens (tertiary/aromatic N) is 4. The third-order valence-corrected chi connectivity index (χ3v) is 5.03. The number of thioether (sulfide) groups is 1. The number of carbonyl (C=O) groups is 1. The van der Waals surface area contributed by atoms with Crippen LogP contribution in [0.25, 0.3) is 5.69 Å². The molecule has 0 fully saturated rings. The minimum absolute atomic E-state index is 0.0847. The van der Waals surface area contributed by atoms with E-state index in [1.54, 1.807) is 18.0 Å². The minimum atomic E-state index is -0.0847. The monoisotopic (exact) mass is 371 g/mol. The van der Waals surface area contributed by atoms with Crippen LogP contribution in [0, 0.1) is 13.8 Å². The van der Waals surface area contributed by atoms with Crippen molar-refractivity contribution in [1.82, 2.24) is 19.3 Å². The average Bonchev–Trinajstić information content (AvgIpc) is 3.20. The summed E-state index contributed by atoms with van der Waals surface area (Å²) in [6.45, 7) is 3.81. The maximum atomic E-state index is 12.3. The summed E-state index contributed by atoms with van der Waals surface area (Å²) >= 11 is 1.39. The highest BCUT2D eigenvalue weighted by Gasteiger charge is 2.14. The van der Waals surface area contributed by atoms with Crippen LogP contribution in [-0.4, -0.2) is 38.1 Å². The van der Waals surface area contributed by atoms with Gasteiger partial charge in [-0.3, -0.25) is 14.0 Å². The van der Waals surface area contributed by atoms with Gasteiger partial charge in [-0.05, 0) is 38.1 Å². The molecule has 8 heteroatoms. The van der Waals surface area contributed by atoms with Crippen molar-refractivity contribution >= 4 is 23.4 Å². The summed E-state index contributed by atoms with van der Waals surface area (Å²) in [4.78, 5) is 16.7. The molecule has 0 spiro atoms. The Kier molecular flexibility index (Phi) is 5.32. The highest BCUT2D eigenvalue weighted by Crippen LogP contribution is 2.23. The molecule has 0 unspecified atom stereocenters. The molecule has 26 heavy (non-hydrogen) atoms. The normalized spacial score (nSPS) is 10.8. The third kappa shape index (κ3) is 3.75. The lowest BCUT2D eigenvalue weighted by atomic mass is 10.3. The SMILES string of the molecule is COc1ccc(-n2ccnc2SCC(=O)Nc2c(C)nn(C)c2C)cc1. The second kappa shape index (κ2) is 7.65. The Balaban J connectivity index is 1.67. The first-order valence-electron chi connectivity index (χ1n) is 8.10. The van der Waals surface area contributed by atoms with Crippen LogP contribution in [0.5, 0.6) is 5.75 Å². The van der Waals surface area contributed by atoms with Gasteiger partial charge in [0, 0.05) is 25.1 Å². The van der Waals surface area contributed by atoms with Crippen molar-refractivity contribution in [3.05, 3.63) is 48.0 Å². The molecule has 0 aliphatic rings. The maximum absolute atomic E-state index is 12.3. The fourth-order valence-corrected chi connectivity index (χ4v) is 3.37. The Morgan fingerprint density at radius 1 is 1.27 bits per heavy atom. The van der Waals surface area contributed by atoms with Gasteiger partial charge in [-0.2, -0.15) is 5.10 Å². The first-order valence-corrected chi connectivity index (χ1v) is 9.08. The van der Waals surface area contributed by atoms with Crippen LogP contribution in [0.1, 0.15) is 11.4 Å². The van der Waals surface area contributed by atoms with Crippen LogP contribution in [0.2, 0.25) is 0 Å². The summed E-state index contributed by atoms with van der Waals surface area (Å²) < 4.78 is 8.88. The largest absolute Gasteiger partial charge is 0.497 e.